The number of nitrogens with two attached hydrogens (primary N) is 1. The number of nitrogens with zero attached hydrogens (tertiary/aromatic N) is 3. The van der Waals surface area contributed by atoms with Gasteiger partial charge in [-0.1, -0.05) is 23.8 Å². The summed E-state index contributed by atoms with van der Waals surface area (Å²) in [5, 5.41) is 8.73. The second-order valence-electron chi connectivity index (χ2n) is 5.28. The lowest BCUT2D eigenvalue weighted by Crippen LogP contribution is -2.29. The number of hydrogen-bond acceptors (Lipinski definition) is 4. The van der Waals surface area contributed by atoms with E-state index in [0.29, 0.717) is 23.4 Å². The van der Waals surface area contributed by atoms with Gasteiger partial charge in [0.05, 0.1) is 5.39 Å². The van der Waals surface area contributed by atoms with Gasteiger partial charge in [0, 0.05) is 12.6 Å². The monoisotopic (exact) mass is 258 g/mol. The lowest BCUT2D eigenvalue weighted by molar-refractivity contribution is 0.391. The summed E-state index contributed by atoms with van der Waals surface area (Å²) >= 11 is 0. The van der Waals surface area contributed by atoms with Gasteiger partial charge >= 0.3 is 0 Å². The molecule has 5 heteroatoms. The lowest BCUT2D eigenvalue weighted by atomic mass is 10.0. The van der Waals surface area contributed by atoms with Gasteiger partial charge in [-0.25, -0.2) is 4.68 Å². The van der Waals surface area contributed by atoms with Gasteiger partial charge < -0.3 is 5.73 Å². The third-order valence-electron chi connectivity index (χ3n) is 4.06. The van der Waals surface area contributed by atoms with Crippen molar-refractivity contribution in [2.75, 3.05) is 0 Å². The van der Waals surface area contributed by atoms with Crippen molar-refractivity contribution in [2.45, 2.75) is 38.3 Å². The molecule has 2 atom stereocenters. The van der Waals surface area contributed by atoms with Crippen LogP contribution >= 0.6 is 0 Å². The summed E-state index contributed by atoms with van der Waals surface area (Å²) < 4.78 is 1.47. The molecule has 1 heterocycles. The number of rotatable bonds is 3. The molecule has 1 aromatic carbocycles. The van der Waals surface area contributed by atoms with E-state index >= 15 is 0 Å². The normalized spacial score (nSPS) is 23.0. The molecular formula is C14H18N4O. The largest absolute Gasteiger partial charge is 0.327 e. The first-order chi connectivity index (χ1) is 9.25. The van der Waals surface area contributed by atoms with Crippen LogP contribution in [-0.2, 0) is 6.54 Å². The topological polar surface area (TPSA) is 73.8 Å². The third-order valence-corrected chi connectivity index (χ3v) is 4.06. The zero-order valence-corrected chi connectivity index (χ0v) is 10.8. The summed E-state index contributed by atoms with van der Waals surface area (Å²) in [7, 11) is 0. The lowest BCUT2D eigenvalue weighted by Gasteiger charge is -2.14. The molecular weight excluding hydrogens is 240 g/mol. The minimum Gasteiger partial charge on any atom is -0.327 e. The zero-order valence-electron chi connectivity index (χ0n) is 10.8. The summed E-state index contributed by atoms with van der Waals surface area (Å²) in [4.78, 5) is 12.2. The van der Waals surface area contributed by atoms with Gasteiger partial charge in [-0.05, 0) is 37.3 Å². The molecule has 2 aromatic rings. The summed E-state index contributed by atoms with van der Waals surface area (Å²) in [6, 6.07) is 7.59. The molecule has 1 saturated carbocycles. The van der Waals surface area contributed by atoms with Crippen molar-refractivity contribution < 1.29 is 0 Å². The number of hydrogen-bond donors (Lipinski definition) is 1. The van der Waals surface area contributed by atoms with Crippen molar-refractivity contribution in [3.63, 3.8) is 0 Å². The van der Waals surface area contributed by atoms with Gasteiger partial charge in [-0.3, -0.25) is 4.79 Å². The van der Waals surface area contributed by atoms with E-state index in [1.54, 1.807) is 12.1 Å². The quantitative estimate of drug-likeness (QED) is 0.900. The van der Waals surface area contributed by atoms with Crippen LogP contribution in [-0.4, -0.2) is 21.0 Å². The van der Waals surface area contributed by atoms with E-state index < -0.39 is 0 Å². The number of aryl methyl sites for hydroxylation is 1. The fraction of sp³-hybridized carbons (Fsp3) is 0.500. The summed E-state index contributed by atoms with van der Waals surface area (Å²) in [6.45, 7) is 0.606. The molecule has 3 rings (SSSR count). The minimum absolute atomic E-state index is 0.0582. The molecule has 0 saturated heterocycles. The van der Waals surface area contributed by atoms with E-state index in [9.17, 15) is 4.79 Å². The van der Waals surface area contributed by atoms with Crippen LogP contribution in [0.1, 0.15) is 25.7 Å². The Morgan fingerprint density at radius 2 is 2.16 bits per heavy atom. The molecule has 1 aliphatic carbocycles. The fourth-order valence-corrected chi connectivity index (χ4v) is 2.88. The smallest absolute Gasteiger partial charge is 0.277 e. The maximum absolute atomic E-state index is 12.2. The molecule has 19 heavy (non-hydrogen) atoms. The molecule has 2 N–H and O–H groups in total. The summed E-state index contributed by atoms with van der Waals surface area (Å²) in [5.41, 5.74) is 6.64. The van der Waals surface area contributed by atoms with Gasteiger partial charge in [0.1, 0.15) is 5.52 Å². The number of fused-ring (bicyclic) bond motifs is 1. The first-order valence-electron chi connectivity index (χ1n) is 6.84. The Kier molecular flexibility index (Phi) is 3.29. The van der Waals surface area contributed by atoms with Crippen molar-refractivity contribution in [2.24, 2.45) is 11.7 Å². The van der Waals surface area contributed by atoms with Crippen LogP contribution in [0.4, 0.5) is 0 Å². The van der Waals surface area contributed by atoms with Crippen LogP contribution in [0.2, 0.25) is 0 Å². The Morgan fingerprint density at radius 1 is 1.32 bits per heavy atom. The molecule has 2 unspecified atom stereocenters. The first kappa shape index (κ1) is 12.3. The number of aromatic nitrogens is 3. The van der Waals surface area contributed by atoms with Crippen LogP contribution in [0, 0.1) is 5.92 Å². The van der Waals surface area contributed by atoms with Crippen molar-refractivity contribution in [3.8, 4) is 0 Å². The van der Waals surface area contributed by atoms with E-state index in [-0.39, 0.29) is 11.6 Å². The van der Waals surface area contributed by atoms with Crippen molar-refractivity contribution in [3.05, 3.63) is 34.6 Å². The van der Waals surface area contributed by atoms with Gasteiger partial charge in [-0.2, -0.15) is 0 Å². The molecule has 100 valence electrons. The molecule has 0 bridgehead atoms. The van der Waals surface area contributed by atoms with E-state index in [2.05, 4.69) is 10.3 Å². The molecule has 1 aliphatic rings. The number of benzene rings is 1. The van der Waals surface area contributed by atoms with Gasteiger partial charge in [0.15, 0.2) is 0 Å². The van der Waals surface area contributed by atoms with Gasteiger partial charge in [-0.15, -0.1) is 5.10 Å². The second-order valence-corrected chi connectivity index (χ2v) is 5.28. The van der Waals surface area contributed by atoms with E-state index in [4.69, 9.17) is 5.73 Å². The minimum atomic E-state index is -0.0582. The van der Waals surface area contributed by atoms with Gasteiger partial charge in [0.25, 0.3) is 5.56 Å². The molecule has 0 amide bonds. The van der Waals surface area contributed by atoms with Gasteiger partial charge in [0.2, 0.25) is 0 Å². The Morgan fingerprint density at radius 3 is 2.95 bits per heavy atom. The summed E-state index contributed by atoms with van der Waals surface area (Å²) in [6.07, 6.45) is 4.37. The maximum atomic E-state index is 12.2. The van der Waals surface area contributed by atoms with Crippen molar-refractivity contribution in [1.82, 2.24) is 15.0 Å². The summed E-state index contributed by atoms with van der Waals surface area (Å²) in [5.74, 6) is 0.514. The third kappa shape index (κ3) is 2.38. The van der Waals surface area contributed by atoms with Crippen molar-refractivity contribution >= 4 is 10.9 Å². The Labute approximate surface area is 111 Å². The van der Waals surface area contributed by atoms with E-state index in [1.165, 1.54) is 11.1 Å². The van der Waals surface area contributed by atoms with Crippen LogP contribution in [0.5, 0.6) is 0 Å². The average molecular weight is 258 g/mol. The maximum Gasteiger partial charge on any atom is 0.277 e. The molecule has 5 nitrogen and oxygen atoms in total. The Bertz CT molecular complexity index is 637. The highest BCUT2D eigenvalue weighted by molar-refractivity contribution is 5.76. The predicted molar refractivity (Wildman–Crippen MR) is 73.7 cm³/mol. The predicted octanol–water partition coefficient (Wildman–Crippen LogP) is 1.31. The highest BCUT2D eigenvalue weighted by Crippen LogP contribution is 2.26. The van der Waals surface area contributed by atoms with E-state index in [0.717, 1.165) is 19.3 Å². The van der Waals surface area contributed by atoms with E-state index in [1.807, 2.05) is 12.1 Å². The molecule has 0 spiro atoms. The van der Waals surface area contributed by atoms with Crippen LogP contribution in [0.3, 0.4) is 0 Å². The molecule has 1 aromatic heterocycles. The average Bonchev–Trinajstić information content (AvgIpc) is 2.84. The molecule has 1 fully saturated rings. The van der Waals surface area contributed by atoms with Crippen LogP contribution in [0.15, 0.2) is 29.1 Å². The highest BCUT2D eigenvalue weighted by Gasteiger charge is 2.23. The first-order valence-corrected chi connectivity index (χ1v) is 6.84. The Balaban J connectivity index is 1.81. The second kappa shape index (κ2) is 5.09. The zero-order chi connectivity index (χ0) is 13.2. The Hall–Kier alpha value is -1.75. The highest BCUT2D eigenvalue weighted by atomic mass is 16.1. The molecule has 0 radical (unpaired) electrons. The fourth-order valence-electron chi connectivity index (χ4n) is 2.88. The molecule has 0 aliphatic heterocycles. The SMILES string of the molecule is NC1CCCC1CCn1nnc2ccccc2c1=O. The standard InChI is InChI=1S/C14H18N4O/c15-12-6-3-4-10(12)8-9-18-14(19)11-5-1-2-7-13(11)16-17-18/h1-2,5,7,10,12H,3-4,6,8-9,15H2. The van der Waals surface area contributed by atoms with Crippen LogP contribution < -0.4 is 11.3 Å². The van der Waals surface area contributed by atoms with Crippen LogP contribution in [0.25, 0.3) is 10.9 Å². The van der Waals surface area contributed by atoms with Crippen molar-refractivity contribution in [1.29, 1.82) is 0 Å².